The van der Waals surface area contributed by atoms with Crippen LogP contribution in [-0.4, -0.2) is 22.2 Å². The normalized spacial score (nSPS) is 12.8. The highest BCUT2D eigenvalue weighted by molar-refractivity contribution is 5.79. The second-order valence-electron chi connectivity index (χ2n) is 4.07. The molecule has 1 unspecified atom stereocenters. The highest BCUT2D eigenvalue weighted by Crippen LogP contribution is 2.07. The van der Waals surface area contributed by atoms with Crippen LogP contribution in [0.5, 0.6) is 0 Å². The summed E-state index contributed by atoms with van der Waals surface area (Å²) in [5.74, 6) is 0.413. The number of anilines is 1. The summed E-state index contributed by atoms with van der Waals surface area (Å²) in [4.78, 5) is 11.6. The number of nitrogens with two attached hydrogens (primary N) is 1. The van der Waals surface area contributed by atoms with Crippen LogP contribution in [0.2, 0.25) is 0 Å². The van der Waals surface area contributed by atoms with E-state index >= 15 is 0 Å². The van der Waals surface area contributed by atoms with Gasteiger partial charge in [-0.25, -0.2) is 0 Å². The lowest BCUT2D eigenvalue weighted by molar-refractivity contribution is -0.124. The van der Waals surface area contributed by atoms with E-state index in [1.807, 2.05) is 0 Å². The Morgan fingerprint density at radius 3 is 2.73 bits per heavy atom. The average molecular weight is 210 g/mol. The molecular weight excluding hydrogens is 192 g/mol. The Morgan fingerprint density at radius 1 is 1.60 bits per heavy atom. The Labute approximate surface area is 89.6 Å². The summed E-state index contributed by atoms with van der Waals surface area (Å²) in [5, 5.41) is 6.84. The Kier molecular flexibility index (Phi) is 3.71. The Bertz CT molecular complexity index is 332. The van der Waals surface area contributed by atoms with Gasteiger partial charge in [0.2, 0.25) is 5.91 Å². The van der Waals surface area contributed by atoms with Crippen LogP contribution in [0.4, 0.5) is 5.69 Å². The van der Waals surface area contributed by atoms with E-state index in [9.17, 15) is 4.79 Å². The largest absolute Gasteiger partial charge is 0.396 e. The monoisotopic (exact) mass is 210 g/mol. The molecule has 1 heterocycles. The lowest BCUT2D eigenvalue weighted by Crippen LogP contribution is -2.33. The van der Waals surface area contributed by atoms with Crippen molar-refractivity contribution in [3.63, 3.8) is 0 Å². The summed E-state index contributed by atoms with van der Waals surface area (Å²) in [6, 6.07) is -0.318. The van der Waals surface area contributed by atoms with E-state index in [2.05, 4.69) is 24.3 Å². The summed E-state index contributed by atoms with van der Waals surface area (Å²) in [6.07, 6.45) is 3.19. The molecule has 1 aromatic rings. The number of carbonyl (C=O) groups excluding carboxylic acids is 1. The summed E-state index contributed by atoms with van der Waals surface area (Å²) in [6.45, 7) is 6.58. The second kappa shape index (κ2) is 4.82. The SMILES string of the molecule is CC(C)CNC(=O)C(C)n1cc(N)cn1. The Morgan fingerprint density at radius 2 is 2.27 bits per heavy atom. The van der Waals surface area contributed by atoms with Gasteiger partial charge in [0.05, 0.1) is 11.9 Å². The van der Waals surface area contributed by atoms with Gasteiger partial charge < -0.3 is 11.1 Å². The van der Waals surface area contributed by atoms with Gasteiger partial charge in [0.15, 0.2) is 0 Å². The van der Waals surface area contributed by atoms with Crippen LogP contribution in [0.25, 0.3) is 0 Å². The molecule has 3 N–H and O–H groups in total. The number of rotatable bonds is 4. The molecule has 0 saturated carbocycles. The van der Waals surface area contributed by atoms with Crippen LogP contribution >= 0.6 is 0 Å². The standard InChI is InChI=1S/C10H18N4O/c1-7(2)4-12-10(15)8(3)14-6-9(11)5-13-14/h5-8H,4,11H2,1-3H3,(H,12,15). The fraction of sp³-hybridized carbons (Fsp3) is 0.600. The molecule has 0 spiro atoms. The maximum Gasteiger partial charge on any atom is 0.244 e. The maximum atomic E-state index is 11.6. The zero-order valence-electron chi connectivity index (χ0n) is 9.40. The summed E-state index contributed by atoms with van der Waals surface area (Å²) in [5.41, 5.74) is 6.09. The summed E-state index contributed by atoms with van der Waals surface area (Å²) >= 11 is 0. The van der Waals surface area contributed by atoms with Gasteiger partial charge in [-0.15, -0.1) is 0 Å². The molecular formula is C10H18N4O. The summed E-state index contributed by atoms with van der Waals surface area (Å²) < 4.78 is 1.56. The number of nitrogen functional groups attached to an aromatic ring is 1. The van der Waals surface area contributed by atoms with Gasteiger partial charge in [-0.05, 0) is 12.8 Å². The van der Waals surface area contributed by atoms with Crippen LogP contribution in [-0.2, 0) is 4.79 Å². The molecule has 0 aromatic carbocycles. The zero-order chi connectivity index (χ0) is 11.4. The average Bonchev–Trinajstić information content (AvgIpc) is 2.60. The van der Waals surface area contributed by atoms with E-state index in [0.717, 1.165) is 0 Å². The quantitative estimate of drug-likeness (QED) is 0.772. The molecule has 0 radical (unpaired) electrons. The highest BCUT2D eigenvalue weighted by atomic mass is 16.2. The molecule has 1 atom stereocenters. The van der Waals surface area contributed by atoms with Gasteiger partial charge in [-0.2, -0.15) is 5.10 Å². The number of nitrogens with one attached hydrogen (secondary N) is 1. The van der Waals surface area contributed by atoms with Crippen LogP contribution < -0.4 is 11.1 Å². The molecule has 15 heavy (non-hydrogen) atoms. The van der Waals surface area contributed by atoms with Gasteiger partial charge in [0, 0.05) is 12.7 Å². The zero-order valence-corrected chi connectivity index (χ0v) is 9.40. The lowest BCUT2D eigenvalue weighted by Gasteiger charge is -2.13. The van der Waals surface area contributed by atoms with Crippen molar-refractivity contribution in [1.82, 2.24) is 15.1 Å². The van der Waals surface area contributed by atoms with Crippen molar-refractivity contribution >= 4 is 11.6 Å². The molecule has 0 aliphatic carbocycles. The van der Waals surface area contributed by atoms with Crippen LogP contribution in [0.1, 0.15) is 26.8 Å². The second-order valence-corrected chi connectivity index (χ2v) is 4.07. The van der Waals surface area contributed by atoms with Crippen LogP contribution in [0, 0.1) is 5.92 Å². The maximum absolute atomic E-state index is 11.6. The van der Waals surface area contributed by atoms with E-state index in [1.165, 1.54) is 6.20 Å². The van der Waals surface area contributed by atoms with Gasteiger partial charge in [-0.3, -0.25) is 9.48 Å². The first-order valence-corrected chi connectivity index (χ1v) is 5.08. The van der Waals surface area contributed by atoms with Crippen molar-refractivity contribution in [3.8, 4) is 0 Å². The third-order valence-electron chi connectivity index (χ3n) is 2.08. The number of hydrogen-bond acceptors (Lipinski definition) is 3. The molecule has 0 saturated heterocycles. The van der Waals surface area contributed by atoms with E-state index in [4.69, 9.17) is 5.73 Å². The topological polar surface area (TPSA) is 72.9 Å². The van der Waals surface area contributed by atoms with Gasteiger partial charge in [0.25, 0.3) is 0 Å². The molecule has 1 rings (SSSR count). The molecule has 0 fully saturated rings. The number of hydrogen-bond donors (Lipinski definition) is 2. The minimum Gasteiger partial charge on any atom is -0.396 e. The minimum atomic E-state index is -0.318. The van der Waals surface area contributed by atoms with E-state index in [-0.39, 0.29) is 11.9 Å². The van der Waals surface area contributed by atoms with Crippen LogP contribution in [0.3, 0.4) is 0 Å². The van der Waals surface area contributed by atoms with E-state index in [1.54, 1.807) is 17.8 Å². The summed E-state index contributed by atoms with van der Waals surface area (Å²) in [7, 11) is 0. The predicted molar refractivity (Wildman–Crippen MR) is 59.2 cm³/mol. The molecule has 0 aliphatic heterocycles. The molecule has 0 aliphatic rings. The van der Waals surface area contributed by atoms with E-state index in [0.29, 0.717) is 18.2 Å². The fourth-order valence-electron chi connectivity index (χ4n) is 1.14. The minimum absolute atomic E-state index is 0.0354. The van der Waals surface area contributed by atoms with E-state index < -0.39 is 0 Å². The first kappa shape index (κ1) is 11.6. The van der Waals surface area contributed by atoms with Crippen molar-refractivity contribution in [2.24, 2.45) is 5.92 Å². The highest BCUT2D eigenvalue weighted by Gasteiger charge is 2.15. The number of amides is 1. The van der Waals surface area contributed by atoms with Crippen molar-refractivity contribution in [2.75, 3.05) is 12.3 Å². The molecule has 1 aromatic heterocycles. The molecule has 84 valence electrons. The molecule has 5 nitrogen and oxygen atoms in total. The van der Waals surface area contributed by atoms with Crippen LogP contribution in [0.15, 0.2) is 12.4 Å². The first-order chi connectivity index (χ1) is 7.00. The van der Waals surface area contributed by atoms with Crippen molar-refractivity contribution < 1.29 is 4.79 Å². The predicted octanol–water partition coefficient (Wildman–Crippen LogP) is 0.798. The van der Waals surface area contributed by atoms with Gasteiger partial charge in [-0.1, -0.05) is 13.8 Å². The number of nitrogens with zero attached hydrogens (tertiary/aromatic N) is 2. The van der Waals surface area contributed by atoms with Crippen molar-refractivity contribution in [3.05, 3.63) is 12.4 Å². The molecule has 5 heteroatoms. The van der Waals surface area contributed by atoms with Crippen molar-refractivity contribution in [1.29, 1.82) is 0 Å². The van der Waals surface area contributed by atoms with Crippen molar-refractivity contribution in [2.45, 2.75) is 26.8 Å². The molecule has 1 amide bonds. The molecule has 0 bridgehead atoms. The Balaban J connectivity index is 2.53. The Hall–Kier alpha value is -1.52. The fourth-order valence-corrected chi connectivity index (χ4v) is 1.14. The smallest absolute Gasteiger partial charge is 0.244 e. The first-order valence-electron chi connectivity index (χ1n) is 5.08. The number of aromatic nitrogens is 2. The van der Waals surface area contributed by atoms with Gasteiger partial charge in [0.1, 0.15) is 6.04 Å². The number of carbonyl (C=O) groups is 1. The third-order valence-corrected chi connectivity index (χ3v) is 2.08. The van der Waals surface area contributed by atoms with Gasteiger partial charge >= 0.3 is 0 Å². The lowest BCUT2D eigenvalue weighted by atomic mass is 10.2. The third kappa shape index (κ3) is 3.27.